The molecule has 0 unspecified atom stereocenters. The first-order chi connectivity index (χ1) is 15.0. The van der Waals surface area contributed by atoms with E-state index in [0.717, 1.165) is 10.8 Å². The minimum Gasteiger partial charge on any atom is -0.454 e. The Morgan fingerprint density at radius 1 is 1.03 bits per heavy atom. The first-order valence-electron chi connectivity index (χ1n) is 9.67. The van der Waals surface area contributed by atoms with Gasteiger partial charge in [-0.15, -0.1) is 0 Å². The van der Waals surface area contributed by atoms with Crippen LogP contribution in [0.25, 0.3) is 10.8 Å². The van der Waals surface area contributed by atoms with E-state index in [2.05, 4.69) is 10.0 Å². The molecule has 0 fully saturated rings. The van der Waals surface area contributed by atoms with E-state index >= 15 is 0 Å². The number of carbonyl (C=O) groups is 1. The Balaban J connectivity index is 1.54. The Labute approximate surface area is 185 Å². The highest BCUT2D eigenvalue weighted by atomic mass is 32.2. The van der Waals surface area contributed by atoms with Crippen LogP contribution >= 0.6 is 11.8 Å². The van der Waals surface area contributed by atoms with Crippen LogP contribution in [0.2, 0.25) is 0 Å². The number of amides is 1. The molecule has 9 heteroatoms. The molecule has 0 radical (unpaired) electrons. The van der Waals surface area contributed by atoms with E-state index in [9.17, 15) is 13.2 Å². The molecule has 4 rings (SSSR count). The largest absolute Gasteiger partial charge is 0.454 e. The molecular weight excluding hydrogens is 436 g/mol. The van der Waals surface area contributed by atoms with Gasteiger partial charge in [0.1, 0.15) is 6.04 Å². The lowest BCUT2D eigenvalue weighted by Crippen LogP contribution is -2.44. The fourth-order valence-electron chi connectivity index (χ4n) is 3.27. The van der Waals surface area contributed by atoms with Gasteiger partial charge in [0.2, 0.25) is 22.7 Å². The normalized spacial score (nSPS) is 13.8. The van der Waals surface area contributed by atoms with Crippen molar-refractivity contribution in [2.24, 2.45) is 0 Å². The first kappa shape index (κ1) is 21.5. The third-order valence-corrected chi connectivity index (χ3v) is 7.01. The number of nitrogens with one attached hydrogen (secondary N) is 2. The Morgan fingerprint density at radius 2 is 1.81 bits per heavy atom. The van der Waals surface area contributed by atoms with Gasteiger partial charge in [-0.2, -0.15) is 16.5 Å². The maximum Gasteiger partial charge on any atom is 0.242 e. The average molecular weight is 459 g/mol. The fourth-order valence-corrected chi connectivity index (χ4v) is 5.01. The lowest BCUT2D eigenvalue weighted by Gasteiger charge is -2.18. The van der Waals surface area contributed by atoms with Crippen molar-refractivity contribution in [2.75, 3.05) is 24.1 Å². The topological polar surface area (TPSA) is 93.7 Å². The van der Waals surface area contributed by atoms with Gasteiger partial charge in [-0.3, -0.25) is 4.79 Å². The van der Waals surface area contributed by atoms with Gasteiger partial charge < -0.3 is 14.8 Å². The van der Waals surface area contributed by atoms with Crippen LogP contribution in [-0.2, 0) is 14.8 Å². The summed E-state index contributed by atoms with van der Waals surface area (Å²) in [5, 5.41) is 4.53. The Hall–Kier alpha value is -2.75. The third-order valence-electron chi connectivity index (χ3n) is 4.90. The van der Waals surface area contributed by atoms with Crippen molar-refractivity contribution in [3.05, 3.63) is 60.7 Å². The molecule has 0 saturated carbocycles. The number of rotatable bonds is 8. The molecule has 1 amide bonds. The zero-order valence-corrected chi connectivity index (χ0v) is 18.5. The van der Waals surface area contributed by atoms with E-state index in [0.29, 0.717) is 29.4 Å². The van der Waals surface area contributed by atoms with Crippen molar-refractivity contribution in [2.45, 2.75) is 17.4 Å². The highest BCUT2D eigenvalue weighted by molar-refractivity contribution is 7.98. The summed E-state index contributed by atoms with van der Waals surface area (Å²) >= 11 is 1.54. The molecule has 3 aromatic rings. The Kier molecular flexibility index (Phi) is 6.35. The van der Waals surface area contributed by atoms with Crippen LogP contribution in [0.15, 0.2) is 65.6 Å². The number of anilines is 1. The minimum atomic E-state index is -3.89. The van der Waals surface area contributed by atoms with Crippen LogP contribution in [0.3, 0.4) is 0 Å². The van der Waals surface area contributed by atoms with Crippen LogP contribution in [0, 0.1) is 0 Å². The second kappa shape index (κ2) is 9.17. The Bertz CT molecular complexity index is 1210. The molecule has 0 bridgehead atoms. The molecule has 0 spiro atoms. The van der Waals surface area contributed by atoms with Gasteiger partial charge >= 0.3 is 0 Å². The van der Waals surface area contributed by atoms with Gasteiger partial charge in [0, 0.05) is 11.8 Å². The maximum atomic E-state index is 13.0. The van der Waals surface area contributed by atoms with Crippen molar-refractivity contribution in [1.29, 1.82) is 0 Å². The quantitative estimate of drug-likeness (QED) is 0.536. The molecule has 3 aromatic carbocycles. The van der Waals surface area contributed by atoms with Crippen LogP contribution in [0.1, 0.15) is 6.42 Å². The second-order valence-corrected chi connectivity index (χ2v) is 9.72. The van der Waals surface area contributed by atoms with Crippen molar-refractivity contribution < 1.29 is 22.7 Å². The van der Waals surface area contributed by atoms with Gasteiger partial charge in [-0.05, 0) is 53.5 Å². The lowest BCUT2D eigenvalue weighted by atomic mass is 10.1. The summed E-state index contributed by atoms with van der Waals surface area (Å²) in [6.45, 7) is 0.134. The van der Waals surface area contributed by atoms with Crippen molar-refractivity contribution in [3.63, 3.8) is 0 Å². The van der Waals surface area contributed by atoms with Crippen LogP contribution in [0.4, 0.5) is 5.69 Å². The van der Waals surface area contributed by atoms with Gasteiger partial charge in [0.05, 0.1) is 4.90 Å². The molecule has 162 valence electrons. The zero-order valence-electron chi connectivity index (χ0n) is 16.8. The molecule has 1 aliphatic heterocycles. The average Bonchev–Trinajstić information content (AvgIpc) is 3.24. The van der Waals surface area contributed by atoms with Crippen molar-refractivity contribution >= 4 is 44.2 Å². The predicted molar refractivity (Wildman–Crippen MR) is 122 cm³/mol. The van der Waals surface area contributed by atoms with Gasteiger partial charge in [-0.1, -0.05) is 30.3 Å². The summed E-state index contributed by atoms with van der Waals surface area (Å²) in [5.74, 6) is 1.33. The standard InChI is InChI=1S/C22H22N2O5S2/c1-30-11-10-19(22(25)23-17-7-9-20-21(13-17)29-14-28-20)24-31(26,27)18-8-6-15-4-2-3-5-16(15)12-18/h2-9,12-13,19,24H,10-11,14H2,1H3,(H,23,25)/t19-/m0/s1. The zero-order chi connectivity index (χ0) is 21.8. The number of carbonyl (C=O) groups excluding carboxylic acids is 1. The number of sulfonamides is 1. The summed E-state index contributed by atoms with van der Waals surface area (Å²) < 4.78 is 39.2. The molecule has 1 aliphatic rings. The third kappa shape index (κ3) is 4.95. The lowest BCUT2D eigenvalue weighted by molar-refractivity contribution is -0.117. The van der Waals surface area contributed by atoms with Crippen molar-refractivity contribution in [3.8, 4) is 11.5 Å². The molecular formula is C22H22N2O5S2. The van der Waals surface area contributed by atoms with Crippen LogP contribution in [0.5, 0.6) is 11.5 Å². The summed E-state index contributed by atoms with van der Waals surface area (Å²) in [6, 6.07) is 16.6. The van der Waals surface area contributed by atoms with E-state index in [1.54, 1.807) is 48.2 Å². The van der Waals surface area contributed by atoms with E-state index < -0.39 is 22.0 Å². The summed E-state index contributed by atoms with van der Waals surface area (Å²) in [7, 11) is -3.89. The highest BCUT2D eigenvalue weighted by Crippen LogP contribution is 2.34. The highest BCUT2D eigenvalue weighted by Gasteiger charge is 2.26. The van der Waals surface area contributed by atoms with Crippen LogP contribution in [-0.4, -0.2) is 39.2 Å². The SMILES string of the molecule is CSCC[C@H](NS(=O)(=O)c1ccc2ccccc2c1)C(=O)Nc1ccc2c(c1)OCO2. The van der Waals surface area contributed by atoms with Crippen molar-refractivity contribution in [1.82, 2.24) is 4.72 Å². The number of thioether (sulfide) groups is 1. The van der Waals surface area contributed by atoms with E-state index in [1.807, 2.05) is 30.5 Å². The van der Waals surface area contributed by atoms with Gasteiger partial charge in [-0.25, -0.2) is 8.42 Å². The molecule has 1 atom stereocenters. The number of hydrogen-bond acceptors (Lipinski definition) is 6. The summed E-state index contributed by atoms with van der Waals surface area (Å²) in [4.78, 5) is 13.0. The van der Waals surface area contributed by atoms with Gasteiger partial charge in [0.15, 0.2) is 11.5 Å². The minimum absolute atomic E-state index is 0.122. The van der Waals surface area contributed by atoms with E-state index in [1.165, 1.54) is 0 Å². The number of ether oxygens (including phenoxy) is 2. The van der Waals surface area contributed by atoms with E-state index in [-0.39, 0.29) is 11.7 Å². The van der Waals surface area contributed by atoms with Gasteiger partial charge in [0.25, 0.3) is 0 Å². The number of benzene rings is 3. The maximum absolute atomic E-state index is 13.0. The predicted octanol–water partition coefficient (Wildman–Crippen LogP) is 3.61. The monoisotopic (exact) mass is 458 g/mol. The van der Waals surface area contributed by atoms with E-state index in [4.69, 9.17) is 9.47 Å². The number of hydrogen-bond donors (Lipinski definition) is 2. The smallest absolute Gasteiger partial charge is 0.242 e. The summed E-state index contributed by atoms with van der Waals surface area (Å²) in [6.07, 6.45) is 2.26. The molecule has 7 nitrogen and oxygen atoms in total. The fraction of sp³-hybridized carbons (Fsp3) is 0.227. The molecule has 0 aromatic heterocycles. The summed E-state index contributed by atoms with van der Waals surface area (Å²) in [5.41, 5.74) is 0.508. The molecule has 0 saturated heterocycles. The molecule has 1 heterocycles. The second-order valence-electron chi connectivity index (χ2n) is 7.02. The molecule has 31 heavy (non-hydrogen) atoms. The first-order valence-corrected chi connectivity index (χ1v) is 12.5. The van der Waals surface area contributed by atoms with Crippen LogP contribution < -0.4 is 19.5 Å². The number of fused-ring (bicyclic) bond motifs is 2. The molecule has 2 N–H and O–H groups in total. The molecule has 0 aliphatic carbocycles. The Morgan fingerprint density at radius 3 is 2.61 bits per heavy atom.